The highest BCUT2D eigenvalue weighted by Crippen LogP contribution is 2.38. The van der Waals surface area contributed by atoms with Gasteiger partial charge in [-0.3, -0.25) is 9.59 Å². The number of carbonyl (C=O) groups is 2. The van der Waals surface area contributed by atoms with Crippen LogP contribution in [0.15, 0.2) is 72.4 Å². The first-order chi connectivity index (χ1) is 15.4. The minimum Gasteiger partial charge on any atom is -0.497 e. The lowest BCUT2D eigenvalue weighted by Crippen LogP contribution is -2.32. The Kier molecular flexibility index (Phi) is 5.69. The van der Waals surface area contributed by atoms with Gasteiger partial charge in [0.1, 0.15) is 17.2 Å². The molecule has 0 aromatic heterocycles. The maximum absolute atomic E-state index is 13.6. The summed E-state index contributed by atoms with van der Waals surface area (Å²) in [5.41, 5.74) is 4.32. The molecule has 3 aromatic carbocycles. The Morgan fingerprint density at radius 2 is 1.53 bits per heavy atom. The van der Waals surface area contributed by atoms with Gasteiger partial charge < -0.3 is 14.8 Å². The zero-order valence-corrected chi connectivity index (χ0v) is 18.4. The average Bonchev–Trinajstić information content (AvgIpc) is 3.05. The molecule has 6 heteroatoms. The largest absolute Gasteiger partial charge is 0.497 e. The third kappa shape index (κ3) is 3.71. The van der Waals surface area contributed by atoms with Gasteiger partial charge in [0, 0.05) is 5.69 Å². The molecule has 0 aliphatic carbocycles. The summed E-state index contributed by atoms with van der Waals surface area (Å²) in [6, 6.07) is 20.0. The summed E-state index contributed by atoms with van der Waals surface area (Å²) in [4.78, 5) is 28.4. The van der Waals surface area contributed by atoms with Gasteiger partial charge in [-0.05, 0) is 60.9 Å². The molecule has 0 fully saturated rings. The molecular formula is C26H24N2O4. The van der Waals surface area contributed by atoms with E-state index in [0.717, 1.165) is 21.7 Å². The van der Waals surface area contributed by atoms with E-state index >= 15 is 0 Å². The van der Waals surface area contributed by atoms with E-state index in [2.05, 4.69) is 5.32 Å². The maximum atomic E-state index is 13.6. The molecule has 1 heterocycles. The van der Waals surface area contributed by atoms with E-state index in [-0.39, 0.29) is 5.70 Å². The van der Waals surface area contributed by atoms with Gasteiger partial charge in [0.25, 0.3) is 11.8 Å². The molecule has 0 spiro atoms. The number of methoxy groups -OCH3 is 2. The molecule has 1 N–H and O–H groups in total. The number of amides is 2. The first-order valence-electron chi connectivity index (χ1n) is 10.2. The normalized spacial score (nSPS) is 13.6. The Morgan fingerprint density at radius 1 is 0.812 bits per heavy atom. The number of imide groups is 1. The molecule has 0 bridgehead atoms. The summed E-state index contributed by atoms with van der Waals surface area (Å²) in [6.45, 7) is 3.93. The van der Waals surface area contributed by atoms with Crippen molar-refractivity contribution < 1.29 is 19.1 Å². The molecular weight excluding hydrogens is 404 g/mol. The van der Waals surface area contributed by atoms with Crippen LogP contribution in [0.2, 0.25) is 0 Å². The number of hydrogen-bond donors (Lipinski definition) is 1. The summed E-state index contributed by atoms with van der Waals surface area (Å²) in [7, 11) is 3.09. The average molecular weight is 428 g/mol. The van der Waals surface area contributed by atoms with Crippen molar-refractivity contribution in [3.63, 3.8) is 0 Å². The van der Waals surface area contributed by atoms with Gasteiger partial charge in [0.2, 0.25) is 0 Å². The standard InChI is InChI=1S/C26H24N2O4/c1-16-9-10-17(2)20(15-16)27-24-23(18-11-13-19(31-3)14-12-18)25(29)28(26(24)30)21-7-5-6-8-22(21)32-4/h5-15,27H,1-4H3. The lowest BCUT2D eigenvalue weighted by Gasteiger charge is -2.18. The van der Waals surface area contributed by atoms with Crippen LogP contribution in [0.3, 0.4) is 0 Å². The molecule has 3 aromatic rings. The first kappa shape index (κ1) is 21.2. The van der Waals surface area contributed by atoms with Crippen molar-refractivity contribution in [3.8, 4) is 11.5 Å². The Balaban J connectivity index is 1.86. The van der Waals surface area contributed by atoms with E-state index in [0.29, 0.717) is 28.3 Å². The Labute approximate surface area is 187 Å². The van der Waals surface area contributed by atoms with Gasteiger partial charge in [-0.1, -0.05) is 36.4 Å². The van der Waals surface area contributed by atoms with E-state index in [1.807, 2.05) is 32.0 Å². The van der Waals surface area contributed by atoms with E-state index in [1.165, 1.54) is 7.11 Å². The highest BCUT2D eigenvalue weighted by Gasteiger charge is 2.41. The summed E-state index contributed by atoms with van der Waals surface area (Å²) in [5, 5.41) is 3.24. The lowest BCUT2D eigenvalue weighted by molar-refractivity contribution is -0.120. The number of ether oxygens (including phenoxy) is 2. The van der Waals surface area contributed by atoms with Crippen LogP contribution in [0.25, 0.3) is 5.57 Å². The second-order valence-electron chi connectivity index (χ2n) is 7.54. The van der Waals surface area contributed by atoms with Gasteiger partial charge in [0.05, 0.1) is 25.5 Å². The minimum absolute atomic E-state index is 0.222. The highest BCUT2D eigenvalue weighted by molar-refractivity contribution is 6.46. The number of nitrogens with one attached hydrogen (secondary N) is 1. The quantitative estimate of drug-likeness (QED) is 0.576. The fourth-order valence-electron chi connectivity index (χ4n) is 3.71. The van der Waals surface area contributed by atoms with Crippen LogP contribution < -0.4 is 19.7 Å². The van der Waals surface area contributed by atoms with Crippen molar-refractivity contribution >= 4 is 28.8 Å². The van der Waals surface area contributed by atoms with Crippen molar-refractivity contribution in [1.29, 1.82) is 0 Å². The number of benzene rings is 3. The maximum Gasteiger partial charge on any atom is 0.282 e. The molecule has 32 heavy (non-hydrogen) atoms. The van der Waals surface area contributed by atoms with Gasteiger partial charge in [-0.2, -0.15) is 0 Å². The Morgan fingerprint density at radius 3 is 2.22 bits per heavy atom. The summed E-state index contributed by atoms with van der Waals surface area (Å²) >= 11 is 0. The molecule has 4 rings (SSSR count). The second kappa shape index (κ2) is 8.59. The van der Waals surface area contributed by atoms with Crippen LogP contribution in [0.5, 0.6) is 11.5 Å². The van der Waals surface area contributed by atoms with Crippen molar-refractivity contribution in [3.05, 3.63) is 89.1 Å². The third-order valence-corrected chi connectivity index (χ3v) is 5.44. The number of para-hydroxylation sites is 2. The minimum atomic E-state index is -0.439. The fourth-order valence-corrected chi connectivity index (χ4v) is 3.71. The van der Waals surface area contributed by atoms with E-state index in [4.69, 9.17) is 9.47 Å². The zero-order valence-electron chi connectivity index (χ0n) is 18.4. The van der Waals surface area contributed by atoms with Crippen molar-refractivity contribution in [2.45, 2.75) is 13.8 Å². The fraction of sp³-hybridized carbons (Fsp3) is 0.154. The SMILES string of the molecule is COc1ccc(C2=C(Nc3cc(C)ccc3C)C(=O)N(c3ccccc3OC)C2=O)cc1. The van der Waals surface area contributed by atoms with Crippen molar-refractivity contribution in [1.82, 2.24) is 0 Å². The molecule has 2 amide bonds. The van der Waals surface area contributed by atoms with Crippen LogP contribution in [0.1, 0.15) is 16.7 Å². The number of anilines is 2. The first-order valence-corrected chi connectivity index (χ1v) is 10.2. The van der Waals surface area contributed by atoms with Crippen LogP contribution in [-0.2, 0) is 9.59 Å². The number of carbonyl (C=O) groups excluding carboxylic acids is 2. The Hall–Kier alpha value is -4.06. The van der Waals surface area contributed by atoms with Gasteiger partial charge in [0.15, 0.2) is 0 Å². The Bertz CT molecular complexity index is 1230. The molecule has 0 saturated heterocycles. The van der Waals surface area contributed by atoms with Crippen molar-refractivity contribution in [2.24, 2.45) is 0 Å². The smallest absolute Gasteiger partial charge is 0.282 e. The van der Waals surface area contributed by atoms with E-state index < -0.39 is 11.8 Å². The predicted octanol–water partition coefficient (Wildman–Crippen LogP) is 4.72. The number of nitrogens with zero attached hydrogens (tertiary/aromatic N) is 1. The summed E-state index contributed by atoms with van der Waals surface area (Å²) in [5.74, 6) is 0.247. The van der Waals surface area contributed by atoms with Crippen molar-refractivity contribution in [2.75, 3.05) is 24.4 Å². The van der Waals surface area contributed by atoms with E-state index in [1.54, 1.807) is 55.6 Å². The third-order valence-electron chi connectivity index (χ3n) is 5.44. The molecule has 1 aliphatic rings. The topological polar surface area (TPSA) is 67.9 Å². The molecule has 0 radical (unpaired) electrons. The van der Waals surface area contributed by atoms with Gasteiger partial charge in [-0.25, -0.2) is 4.90 Å². The second-order valence-corrected chi connectivity index (χ2v) is 7.54. The van der Waals surface area contributed by atoms with Crippen LogP contribution >= 0.6 is 0 Å². The molecule has 0 unspecified atom stereocenters. The molecule has 162 valence electrons. The van der Waals surface area contributed by atoms with Gasteiger partial charge in [-0.15, -0.1) is 0 Å². The van der Waals surface area contributed by atoms with Gasteiger partial charge >= 0.3 is 0 Å². The molecule has 0 atom stereocenters. The van der Waals surface area contributed by atoms with Crippen LogP contribution in [-0.4, -0.2) is 26.0 Å². The lowest BCUT2D eigenvalue weighted by atomic mass is 10.0. The summed E-state index contributed by atoms with van der Waals surface area (Å²) in [6.07, 6.45) is 0. The molecule has 0 saturated carbocycles. The van der Waals surface area contributed by atoms with E-state index in [9.17, 15) is 9.59 Å². The molecule has 6 nitrogen and oxygen atoms in total. The zero-order chi connectivity index (χ0) is 22.8. The monoisotopic (exact) mass is 428 g/mol. The number of hydrogen-bond acceptors (Lipinski definition) is 5. The number of rotatable bonds is 6. The molecule has 1 aliphatic heterocycles. The van der Waals surface area contributed by atoms with Crippen LogP contribution in [0.4, 0.5) is 11.4 Å². The number of aryl methyl sites for hydroxylation is 2. The predicted molar refractivity (Wildman–Crippen MR) is 125 cm³/mol. The summed E-state index contributed by atoms with van der Waals surface area (Å²) < 4.78 is 10.7. The van der Waals surface area contributed by atoms with Crippen LogP contribution in [0, 0.1) is 13.8 Å². The highest BCUT2D eigenvalue weighted by atomic mass is 16.5.